The van der Waals surface area contributed by atoms with Gasteiger partial charge in [0.15, 0.2) is 0 Å². The van der Waals surface area contributed by atoms with Gasteiger partial charge in [-0.25, -0.2) is 4.98 Å². The number of nitrogens with zero attached hydrogens (tertiary/aromatic N) is 2. The molecule has 0 saturated carbocycles. The van der Waals surface area contributed by atoms with Crippen molar-refractivity contribution in [2.75, 3.05) is 17.2 Å². The fraction of sp³-hybridized carbons (Fsp3) is 0.200. The summed E-state index contributed by atoms with van der Waals surface area (Å²) in [5, 5.41) is 6.55. The van der Waals surface area contributed by atoms with Crippen LogP contribution in [-0.2, 0) is 0 Å². The highest BCUT2D eigenvalue weighted by Crippen LogP contribution is 2.22. The monoisotopic (exact) mass is 334 g/mol. The number of rotatable bonds is 6. The number of anilines is 4. The Bertz CT molecular complexity index is 847. The van der Waals surface area contributed by atoms with Gasteiger partial charge < -0.3 is 15.4 Å². The highest BCUT2D eigenvalue weighted by atomic mass is 16.5. The molecule has 0 saturated heterocycles. The van der Waals surface area contributed by atoms with E-state index < -0.39 is 0 Å². The summed E-state index contributed by atoms with van der Waals surface area (Å²) in [6.07, 6.45) is 1.73. The minimum absolute atomic E-state index is 0.558. The van der Waals surface area contributed by atoms with E-state index >= 15 is 0 Å². The molecule has 0 spiro atoms. The molecule has 3 rings (SSSR count). The van der Waals surface area contributed by atoms with Gasteiger partial charge in [-0.15, -0.1) is 0 Å². The highest BCUT2D eigenvalue weighted by molar-refractivity contribution is 5.62. The second-order valence-corrected chi connectivity index (χ2v) is 5.79. The first-order valence-electron chi connectivity index (χ1n) is 8.31. The second-order valence-electron chi connectivity index (χ2n) is 5.79. The van der Waals surface area contributed by atoms with Crippen LogP contribution in [0.3, 0.4) is 0 Å². The zero-order valence-electron chi connectivity index (χ0n) is 14.7. The predicted octanol–water partition coefficient (Wildman–Crippen LogP) is 4.98. The summed E-state index contributed by atoms with van der Waals surface area (Å²) < 4.78 is 5.45. The minimum Gasteiger partial charge on any atom is -0.494 e. The van der Waals surface area contributed by atoms with Gasteiger partial charge in [-0.3, -0.25) is 0 Å². The third-order valence-electron chi connectivity index (χ3n) is 3.72. The van der Waals surface area contributed by atoms with Crippen LogP contribution >= 0.6 is 0 Å². The zero-order valence-corrected chi connectivity index (χ0v) is 14.7. The molecule has 2 aromatic carbocycles. The standard InChI is InChI=1S/C20H22N4O/c1-4-25-17-8-6-16(7-9-17)22-19-11-12-21-20(24-19)23-18-10-5-14(2)13-15(18)3/h5-13H,4H2,1-3H3,(H2,21,22,23,24). The van der Waals surface area contributed by atoms with Gasteiger partial charge in [-0.05, 0) is 62.7 Å². The van der Waals surface area contributed by atoms with E-state index in [2.05, 4.69) is 46.6 Å². The lowest BCUT2D eigenvalue weighted by molar-refractivity contribution is 0.340. The molecule has 0 amide bonds. The van der Waals surface area contributed by atoms with Crippen LogP contribution in [0.15, 0.2) is 54.7 Å². The largest absolute Gasteiger partial charge is 0.494 e. The number of ether oxygens (including phenoxy) is 1. The first-order valence-corrected chi connectivity index (χ1v) is 8.31. The lowest BCUT2D eigenvalue weighted by Crippen LogP contribution is -2.01. The summed E-state index contributed by atoms with van der Waals surface area (Å²) in [5.74, 6) is 2.14. The Morgan fingerprint density at radius 2 is 1.76 bits per heavy atom. The SMILES string of the molecule is CCOc1ccc(Nc2ccnc(Nc3ccc(C)cc3C)n2)cc1. The van der Waals surface area contributed by atoms with Crippen molar-refractivity contribution >= 4 is 23.1 Å². The summed E-state index contributed by atoms with van der Waals surface area (Å²) in [7, 11) is 0. The maximum Gasteiger partial charge on any atom is 0.229 e. The van der Waals surface area contributed by atoms with E-state index in [0.29, 0.717) is 12.6 Å². The van der Waals surface area contributed by atoms with Crippen molar-refractivity contribution in [1.29, 1.82) is 0 Å². The Labute approximate surface area is 148 Å². The van der Waals surface area contributed by atoms with Crippen molar-refractivity contribution < 1.29 is 4.74 Å². The first-order chi connectivity index (χ1) is 12.1. The molecule has 25 heavy (non-hydrogen) atoms. The maximum absolute atomic E-state index is 5.45. The van der Waals surface area contributed by atoms with Crippen molar-refractivity contribution in [3.8, 4) is 5.75 Å². The second kappa shape index (κ2) is 7.66. The Balaban J connectivity index is 1.72. The number of aromatic nitrogens is 2. The van der Waals surface area contributed by atoms with E-state index in [1.54, 1.807) is 6.20 Å². The van der Waals surface area contributed by atoms with Crippen molar-refractivity contribution in [2.45, 2.75) is 20.8 Å². The highest BCUT2D eigenvalue weighted by Gasteiger charge is 2.04. The topological polar surface area (TPSA) is 59.1 Å². The van der Waals surface area contributed by atoms with Crippen LogP contribution < -0.4 is 15.4 Å². The fourth-order valence-electron chi connectivity index (χ4n) is 2.51. The number of benzene rings is 2. The molecule has 0 fully saturated rings. The molecule has 0 unspecified atom stereocenters. The van der Waals surface area contributed by atoms with E-state index in [0.717, 1.165) is 28.5 Å². The molecule has 128 valence electrons. The molecule has 3 aromatic rings. The van der Waals surface area contributed by atoms with E-state index in [-0.39, 0.29) is 0 Å². The lowest BCUT2D eigenvalue weighted by Gasteiger charge is -2.11. The summed E-state index contributed by atoms with van der Waals surface area (Å²) in [4.78, 5) is 8.82. The van der Waals surface area contributed by atoms with Crippen molar-refractivity contribution in [1.82, 2.24) is 9.97 Å². The van der Waals surface area contributed by atoms with Crippen molar-refractivity contribution in [3.63, 3.8) is 0 Å². The van der Waals surface area contributed by atoms with E-state index in [1.807, 2.05) is 43.3 Å². The lowest BCUT2D eigenvalue weighted by atomic mass is 10.1. The van der Waals surface area contributed by atoms with Gasteiger partial charge in [0.05, 0.1) is 6.61 Å². The molecule has 5 heteroatoms. The molecule has 1 heterocycles. The third kappa shape index (κ3) is 4.47. The summed E-state index contributed by atoms with van der Waals surface area (Å²) in [6, 6.07) is 15.9. The van der Waals surface area contributed by atoms with E-state index in [9.17, 15) is 0 Å². The van der Waals surface area contributed by atoms with E-state index in [1.165, 1.54) is 5.56 Å². The molecular weight excluding hydrogens is 312 g/mol. The van der Waals surface area contributed by atoms with Gasteiger partial charge in [0.1, 0.15) is 11.6 Å². The van der Waals surface area contributed by atoms with Crippen LogP contribution in [0.25, 0.3) is 0 Å². The third-order valence-corrected chi connectivity index (χ3v) is 3.72. The van der Waals surface area contributed by atoms with Crippen LogP contribution in [0, 0.1) is 13.8 Å². The van der Waals surface area contributed by atoms with Gasteiger partial charge in [-0.2, -0.15) is 4.98 Å². The van der Waals surface area contributed by atoms with Crippen molar-refractivity contribution in [2.24, 2.45) is 0 Å². The van der Waals surface area contributed by atoms with Crippen LogP contribution in [0.4, 0.5) is 23.1 Å². The Hall–Kier alpha value is -3.08. The fourth-order valence-corrected chi connectivity index (χ4v) is 2.51. The summed E-state index contributed by atoms with van der Waals surface area (Å²) in [6.45, 7) is 6.77. The Morgan fingerprint density at radius 1 is 0.960 bits per heavy atom. The summed E-state index contributed by atoms with van der Waals surface area (Å²) in [5.41, 5.74) is 4.34. The van der Waals surface area contributed by atoms with Crippen LogP contribution in [0.1, 0.15) is 18.1 Å². The minimum atomic E-state index is 0.558. The van der Waals surface area contributed by atoms with E-state index in [4.69, 9.17) is 4.74 Å². The van der Waals surface area contributed by atoms with Gasteiger partial charge in [0.2, 0.25) is 5.95 Å². The smallest absolute Gasteiger partial charge is 0.229 e. The maximum atomic E-state index is 5.45. The summed E-state index contributed by atoms with van der Waals surface area (Å²) >= 11 is 0. The molecule has 0 radical (unpaired) electrons. The van der Waals surface area contributed by atoms with Crippen LogP contribution in [0.2, 0.25) is 0 Å². The molecule has 1 aromatic heterocycles. The number of hydrogen-bond acceptors (Lipinski definition) is 5. The molecule has 5 nitrogen and oxygen atoms in total. The van der Waals surface area contributed by atoms with Gasteiger partial charge in [0.25, 0.3) is 0 Å². The molecule has 0 bridgehead atoms. The molecule has 0 aliphatic rings. The van der Waals surface area contributed by atoms with Gasteiger partial charge >= 0.3 is 0 Å². The molecule has 0 aliphatic heterocycles. The number of hydrogen-bond donors (Lipinski definition) is 2. The quantitative estimate of drug-likeness (QED) is 0.666. The normalized spacial score (nSPS) is 10.4. The van der Waals surface area contributed by atoms with Crippen molar-refractivity contribution in [3.05, 3.63) is 65.9 Å². The average molecular weight is 334 g/mol. The van der Waals surface area contributed by atoms with Crippen LogP contribution in [-0.4, -0.2) is 16.6 Å². The first kappa shape index (κ1) is 16.8. The molecule has 0 atom stereocenters. The molecule has 2 N–H and O–H groups in total. The number of nitrogens with one attached hydrogen (secondary N) is 2. The Kier molecular flexibility index (Phi) is 5.14. The van der Waals surface area contributed by atoms with Gasteiger partial charge in [-0.1, -0.05) is 17.7 Å². The number of aryl methyl sites for hydroxylation is 2. The van der Waals surface area contributed by atoms with Crippen LogP contribution in [0.5, 0.6) is 5.75 Å². The predicted molar refractivity (Wildman–Crippen MR) is 102 cm³/mol. The molecule has 0 aliphatic carbocycles. The molecular formula is C20H22N4O. The Morgan fingerprint density at radius 3 is 2.48 bits per heavy atom. The van der Waals surface area contributed by atoms with Gasteiger partial charge in [0, 0.05) is 17.6 Å². The average Bonchev–Trinajstić information content (AvgIpc) is 2.60. The zero-order chi connectivity index (χ0) is 17.6.